The van der Waals surface area contributed by atoms with Crippen LogP contribution in [0, 0.1) is 0 Å². The van der Waals surface area contributed by atoms with E-state index in [9.17, 15) is 8.42 Å². The van der Waals surface area contributed by atoms with E-state index in [0.29, 0.717) is 33.5 Å². The van der Waals surface area contributed by atoms with Gasteiger partial charge in [0.2, 0.25) is 0 Å². The molecule has 9 nitrogen and oxygen atoms in total. The Kier molecular flexibility index (Phi) is 7.32. The van der Waals surface area contributed by atoms with Crippen LogP contribution in [0.25, 0.3) is 34.0 Å². The summed E-state index contributed by atoms with van der Waals surface area (Å²) in [6, 6.07) is 15.9. The molecule has 2 heterocycles. The molecule has 0 unspecified atom stereocenters. The van der Waals surface area contributed by atoms with Crippen LogP contribution in [0.15, 0.2) is 70.2 Å². The fraction of sp³-hybridized carbons (Fsp3) is 0.200. The molecular weight excluding hydrogens is 496 g/mol. The van der Waals surface area contributed by atoms with Crippen molar-refractivity contribution in [1.82, 2.24) is 20.4 Å². The van der Waals surface area contributed by atoms with Crippen LogP contribution in [0.5, 0.6) is 0 Å². The van der Waals surface area contributed by atoms with Crippen molar-refractivity contribution in [1.29, 1.82) is 0 Å². The molecule has 0 atom stereocenters. The topological polar surface area (TPSA) is 136 Å². The number of nitrogens with zero attached hydrogens (tertiary/aromatic N) is 3. The molecule has 0 bridgehead atoms. The zero-order chi connectivity index (χ0) is 25.9. The zero-order valence-electron chi connectivity index (χ0n) is 20.0. The molecule has 2 aromatic carbocycles. The van der Waals surface area contributed by atoms with Gasteiger partial charge in [-0.25, -0.2) is 18.4 Å². The van der Waals surface area contributed by atoms with Gasteiger partial charge >= 0.3 is 0 Å². The van der Waals surface area contributed by atoms with Gasteiger partial charge in [0.15, 0.2) is 32.2 Å². The lowest BCUT2D eigenvalue weighted by Gasteiger charge is -2.09. The quantitative estimate of drug-likeness (QED) is 0.297. The molecule has 0 amide bonds. The number of aromatic nitrogens is 3. The van der Waals surface area contributed by atoms with E-state index in [1.54, 1.807) is 44.2 Å². The van der Waals surface area contributed by atoms with Crippen LogP contribution in [0.2, 0.25) is 0 Å². The van der Waals surface area contributed by atoms with Crippen molar-refractivity contribution in [3.05, 3.63) is 60.8 Å². The highest BCUT2D eigenvalue weighted by molar-refractivity contribution is 7.92. The lowest BCUT2D eigenvalue weighted by atomic mass is 10.1. The van der Waals surface area contributed by atoms with Crippen LogP contribution in [-0.2, 0) is 9.84 Å². The summed E-state index contributed by atoms with van der Waals surface area (Å²) in [5.74, 6) is 0.559. The number of hydrogen-bond acceptors (Lipinski definition) is 8. The minimum absolute atomic E-state index is 0.192. The van der Waals surface area contributed by atoms with Crippen molar-refractivity contribution < 1.29 is 12.9 Å². The highest BCUT2D eigenvalue weighted by atomic mass is 32.2. The SMILES string of the molecule is CCNC(=S)Nc1ccc(-c2cc(-c3nc(-c4ccc(S(=O)(=O)C(C)C)cc4)cnc3N)on2)cc1. The number of anilines is 2. The van der Waals surface area contributed by atoms with Gasteiger partial charge in [0.05, 0.1) is 22.0 Å². The maximum absolute atomic E-state index is 12.4. The van der Waals surface area contributed by atoms with Crippen LogP contribution < -0.4 is 16.4 Å². The van der Waals surface area contributed by atoms with E-state index in [0.717, 1.165) is 17.8 Å². The fourth-order valence-electron chi connectivity index (χ4n) is 3.39. The molecule has 0 saturated carbocycles. The van der Waals surface area contributed by atoms with Gasteiger partial charge in [0.25, 0.3) is 0 Å². The Morgan fingerprint density at radius 2 is 1.69 bits per heavy atom. The molecule has 0 aliphatic rings. The predicted octanol–water partition coefficient (Wildman–Crippen LogP) is 4.54. The van der Waals surface area contributed by atoms with Crippen molar-refractivity contribution in [3.63, 3.8) is 0 Å². The monoisotopic (exact) mass is 522 g/mol. The number of sulfone groups is 1. The minimum atomic E-state index is -3.36. The van der Waals surface area contributed by atoms with E-state index in [1.165, 1.54) is 6.20 Å². The second-order valence-corrected chi connectivity index (χ2v) is 11.2. The van der Waals surface area contributed by atoms with E-state index in [1.807, 2.05) is 31.2 Å². The molecule has 4 N–H and O–H groups in total. The first-order valence-electron chi connectivity index (χ1n) is 11.3. The second-order valence-electron chi connectivity index (χ2n) is 8.25. The summed E-state index contributed by atoms with van der Waals surface area (Å²) >= 11 is 5.21. The maximum Gasteiger partial charge on any atom is 0.189 e. The van der Waals surface area contributed by atoms with Crippen LogP contribution in [0.3, 0.4) is 0 Å². The predicted molar refractivity (Wildman–Crippen MR) is 145 cm³/mol. The molecule has 2 aromatic heterocycles. The lowest BCUT2D eigenvalue weighted by molar-refractivity contribution is 0.434. The summed E-state index contributed by atoms with van der Waals surface area (Å²) in [6.45, 7) is 6.02. The molecule has 4 rings (SSSR count). The fourth-order valence-corrected chi connectivity index (χ4v) is 4.71. The van der Waals surface area contributed by atoms with Crippen molar-refractivity contribution in [2.75, 3.05) is 17.6 Å². The zero-order valence-corrected chi connectivity index (χ0v) is 21.7. The third kappa shape index (κ3) is 5.37. The Morgan fingerprint density at radius 1 is 1.06 bits per heavy atom. The van der Waals surface area contributed by atoms with Gasteiger partial charge in [-0.3, -0.25) is 0 Å². The summed E-state index contributed by atoms with van der Waals surface area (Å²) in [7, 11) is -3.36. The number of rotatable bonds is 7. The highest BCUT2D eigenvalue weighted by Crippen LogP contribution is 2.30. The summed E-state index contributed by atoms with van der Waals surface area (Å²) < 4.78 is 30.3. The third-order valence-corrected chi connectivity index (χ3v) is 7.84. The maximum atomic E-state index is 12.4. The summed E-state index contributed by atoms with van der Waals surface area (Å²) in [5, 5.41) is 10.4. The van der Waals surface area contributed by atoms with Crippen LogP contribution >= 0.6 is 12.2 Å². The van der Waals surface area contributed by atoms with Crippen LogP contribution in [0.1, 0.15) is 20.8 Å². The lowest BCUT2D eigenvalue weighted by Crippen LogP contribution is -2.27. The smallest absolute Gasteiger partial charge is 0.189 e. The van der Waals surface area contributed by atoms with Gasteiger partial charge < -0.3 is 20.9 Å². The van der Waals surface area contributed by atoms with E-state index < -0.39 is 15.1 Å². The number of nitrogens with two attached hydrogens (primary N) is 1. The number of hydrogen-bond donors (Lipinski definition) is 3. The molecule has 0 spiro atoms. The molecule has 0 fully saturated rings. The first kappa shape index (κ1) is 25.3. The first-order valence-corrected chi connectivity index (χ1v) is 13.2. The van der Waals surface area contributed by atoms with Crippen molar-refractivity contribution in [2.45, 2.75) is 30.9 Å². The molecule has 0 aliphatic heterocycles. The molecule has 186 valence electrons. The molecular formula is C25H26N6O3S2. The first-order chi connectivity index (χ1) is 17.2. The number of thiocarbonyl (C=S) groups is 1. The van der Waals surface area contributed by atoms with Crippen LogP contribution in [0.4, 0.5) is 11.5 Å². The summed E-state index contributed by atoms with van der Waals surface area (Å²) in [6.07, 6.45) is 1.53. The third-order valence-electron chi connectivity index (χ3n) is 5.42. The van der Waals surface area contributed by atoms with E-state index >= 15 is 0 Å². The standard InChI is InChI=1S/C25H26N6O3S2/c1-4-27-25(35)29-18-9-5-16(6-10-18)20-13-22(34-31-20)23-24(26)28-14-21(30-23)17-7-11-19(12-8-17)36(32,33)15(2)3/h5-15H,4H2,1-3H3,(H2,26,28)(H2,27,29,35). The van der Waals surface area contributed by atoms with Crippen molar-refractivity contribution in [2.24, 2.45) is 0 Å². The van der Waals surface area contributed by atoms with Gasteiger partial charge in [-0.2, -0.15) is 0 Å². The van der Waals surface area contributed by atoms with Crippen molar-refractivity contribution >= 4 is 38.7 Å². The van der Waals surface area contributed by atoms with Gasteiger partial charge in [0, 0.05) is 29.4 Å². The average molecular weight is 523 g/mol. The van der Waals surface area contributed by atoms with Crippen molar-refractivity contribution in [3.8, 4) is 34.0 Å². The van der Waals surface area contributed by atoms with Gasteiger partial charge in [-0.1, -0.05) is 29.4 Å². The normalized spacial score (nSPS) is 11.4. The number of benzene rings is 2. The molecule has 4 aromatic rings. The highest BCUT2D eigenvalue weighted by Gasteiger charge is 2.20. The summed E-state index contributed by atoms with van der Waals surface area (Å²) in [5.41, 5.74) is 9.96. The van der Waals surface area contributed by atoms with Gasteiger partial charge in [-0.15, -0.1) is 0 Å². The number of nitrogen functional groups attached to an aromatic ring is 1. The Hall–Kier alpha value is -3.83. The largest absolute Gasteiger partial charge is 0.382 e. The molecule has 0 radical (unpaired) electrons. The van der Waals surface area contributed by atoms with E-state index in [-0.39, 0.29) is 10.7 Å². The second kappa shape index (κ2) is 10.4. The molecule has 36 heavy (non-hydrogen) atoms. The molecule has 0 saturated heterocycles. The Labute approximate surface area is 215 Å². The van der Waals surface area contributed by atoms with Gasteiger partial charge in [-0.05, 0) is 57.3 Å². The Balaban J connectivity index is 1.57. The van der Waals surface area contributed by atoms with E-state index in [2.05, 4.69) is 25.8 Å². The average Bonchev–Trinajstić information content (AvgIpc) is 3.35. The minimum Gasteiger partial charge on any atom is -0.382 e. The van der Waals surface area contributed by atoms with Gasteiger partial charge in [0.1, 0.15) is 5.69 Å². The van der Waals surface area contributed by atoms with Crippen LogP contribution in [-0.4, -0.2) is 40.4 Å². The molecule has 11 heteroatoms. The Bertz CT molecular complexity index is 1480. The number of nitrogens with one attached hydrogen (secondary N) is 2. The Morgan fingerprint density at radius 3 is 2.33 bits per heavy atom. The van der Waals surface area contributed by atoms with E-state index in [4.69, 9.17) is 22.5 Å². The molecule has 0 aliphatic carbocycles. The summed E-state index contributed by atoms with van der Waals surface area (Å²) in [4.78, 5) is 9.12.